The van der Waals surface area contributed by atoms with Gasteiger partial charge in [-0.1, -0.05) is 0 Å². The molecule has 0 atom stereocenters. The summed E-state index contributed by atoms with van der Waals surface area (Å²) in [6.07, 6.45) is 0. The zero-order valence-electron chi connectivity index (χ0n) is 9.81. The molecule has 1 aromatic heterocycles. The molecule has 5 heteroatoms. The van der Waals surface area contributed by atoms with E-state index in [1.54, 1.807) is 0 Å². The molecule has 0 unspecified atom stereocenters. The largest absolute Gasteiger partial charge is 0.362 e. The van der Waals surface area contributed by atoms with Crippen LogP contribution in [-0.4, -0.2) is 29.9 Å². The zero-order chi connectivity index (χ0) is 12.1. The summed E-state index contributed by atoms with van der Waals surface area (Å²) in [7, 11) is 0. The van der Waals surface area contributed by atoms with Crippen molar-refractivity contribution < 1.29 is 9.59 Å². The number of aromatic amines is 1. The third kappa shape index (κ3) is 3.42. The number of carbonyl (C=O) groups is 2. The Morgan fingerprint density at radius 1 is 1.25 bits per heavy atom. The van der Waals surface area contributed by atoms with Crippen LogP contribution in [0.2, 0.25) is 0 Å². The summed E-state index contributed by atoms with van der Waals surface area (Å²) in [6.45, 7) is 6.09. The molecule has 88 valence electrons. The second-order valence-corrected chi connectivity index (χ2v) is 3.73. The van der Waals surface area contributed by atoms with Gasteiger partial charge in [0.15, 0.2) is 0 Å². The fourth-order valence-corrected chi connectivity index (χ4v) is 1.47. The molecule has 0 aliphatic rings. The molecule has 0 radical (unpaired) electrons. The average molecular weight is 223 g/mol. The predicted octanol–water partition coefficient (Wildman–Crippen LogP) is 0.497. The highest BCUT2D eigenvalue weighted by Gasteiger charge is 2.10. The SMILES string of the molecule is CC(=O)NCCNC(=O)c1cc(C)[nH]c1C. The van der Waals surface area contributed by atoms with Gasteiger partial charge in [0.2, 0.25) is 5.91 Å². The van der Waals surface area contributed by atoms with E-state index in [1.165, 1.54) is 6.92 Å². The number of aromatic nitrogens is 1. The fourth-order valence-electron chi connectivity index (χ4n) is 1.47. The Labute approximate surface area is 94.6 Å². The van der Waals surface area contributed by atoms with Crippen LogP contribution in [0.15, 0.2) is 6.07 Å². The van der Waals surface area contributed by atoms with Crippen LogP contribution in [0.4, 0.5) is 0 Å². The van der Waals surface area contributed by atoms with E-state index in [4.69, 9.17) is 0 Å². The predicted molar refractivity (Wildman–Crippen MR) is 61.3 cm³/mol. The van der Waals surface area contributed by atoms with E-state index in [9.17, 15) is 9.59 Å². The molecule has 1 rings (SSSR count). The molecule has 0 saturated heterocycles. The summed E-state index contributed by atoms with van der Waals surface area (Å²) in [5.74, 6) is -0.213. The molecule has 0 saturated carbocycles. The van der Waals surface area contributed by atoms with Crippen LogP contribution in [0.5, 0.6) is 0 Å². The molecule has 3 N–H and O–H groups in total. The Bertz CT molecular complexity index is 396. The van der Waals surface area contributed by atoms with E-state index in [0.29, 0.717) is 18.7 Å². The molecule has 0 bridgehead atoms. The highest BCUT2D eigenvalue weighted by atomic mass is 16.2. The Balaban J connectivity index is 2.41. The number of nitrogens with one attached hydrogen (secondary N) is 3. The van der Waals surface area contributed by atoms with Crippen molar-refractivity contribution in [2.24, 2.45) is 0 Å². The molecule has 0 aliphatic carbocycles. The van der Waals surface area contributed by atoms with Gasteiger partial charge < -0.3 is 15.6 Å². The van der Waals surface area contributed by atoms with Crippen molar-refractivity contribution in [1.82, 2.24) is 15.6 Å². The van der Waals surface area contributed by atoms with Crippen LogP contribution in [0.3, 0.4) is 0 Å². The van der Waals surface area contributed by atoms with Gasteiger partial charge in [-0.05, 0) is 19.9 Å². The summed E-state index contributed by atoms with van der Waals surface area (Å²) in [4.78, 5) is 25.3. The molecule has 1 heterocycles. The van der Waals surface area contributed by atoms with Crippen molar-refractivity contribution in [2.75, 3.05) is 13.1 Å². The first-order valence-corrected chi connectivity index (χ1v) is 5.19. The number of H-pyrrole nitrogens is 1. The van der Waals surface area contributed by atoms with Gasteiger partial charge >= 0.3 is 0 Å². The lowest BCUT2D eigenvalue weighted by Gasteiger charge is -2.04. The number of amides is 2. The van der Waals surface area contributed by atoms with Gasteiger partial charge in [0.25, 0.3) is 5.91 Å². The molecule has 0 spiro atoms. The maximum Gasteiger partial charge on any atom is 0.253 e. The minimum absolute atomic E-state index is 0.0945. The number of hydrogen-bond donors (Lipinski definition) is 3. The average Bonchev–Trinajstić information content (AvgIpc) is 2.52. The smallest absolute Gasteiger partial charge is 0.253 e. The number of aryl methyl sites for hydroxylation is 2. The standard InChI is InChI=1S/C11H17N3O2/c1-7-6-10(8(2)14-7)11(16)13-5-4-12-9(3)15/h6,14H,4-5H2,1-3H3,(H,12,15)(H,13,16). The second kappa shape index (κ2) is 5.34. The molecular weight excluding hydrogens is 206 g/mol. The fraction of sp³-hybridized carbons (Fsp3) is 0.455. The van der Waals surface area contributed by atoms with E-state index in [0.717, 1.165) is 11.4 Å². The molecule has 1 aromatic rings. The summed E-state index contributed by atoms with van der Waals surface area (Å²) in [6, 6.07) is 1.81. The first-order valence-electron chi connectivity index (χ1n) is 5.19. The molecule has 16 heavy (non-hydrogen) atoms. The van der Waals surface area contributed by atoms with Crippen LogP contribution in [-0.2, 0) is 4.79 Å². The highest BCUT2D eigenvalue weighted by Crippen LogP contribution is 2.08. The normalized spacial score (nSPS) is 9.94. The van der Waals surface area contributed by atoms with E-state index in [2.05, 4.69) is 15.6 Å². The third-order valence-corrected chi connectivity index (χ3v) is 2.18. The summed E-state index contributed by atoms with van der Waals surface area (Å²) >= 11 is 0. The summed E-state index contributed by atoms with van der Waals surface area (Å²) in [5, 5.41) is 5.35. The Kier molecular flexibility index (Phi) is 4.10. The minimum Gasteiger partial charge on any atom is -0.362 e. The van der Waals surface area contributed by atoms with Crippen LogP contribution >= 0.6 is 0 Å². The van der Waals surface area contributed by atoms with Crippen molar-refractivity contribution in [3.05, 3.63) is 23.0 Å². The monoisotopic (exact) mass is 223 g/mol. The first kappa shape index (κ1) is 12.3. The van der Waals surface area contributed by atoms with Gasteiger partial charge in [0.05, 0.1) is 5.56 Å². The van der Waals surface area contributed by atoms with Crippen molar-refractivity contribution in [2.45, 2.75) is 20.8 Å². The molecule has 0 aromatic carbocycles. The minimum atomic E-state index is -0.118. The van der Waals surface area contributed by atoms with Gasteiger partial charge in [0.1, 0.15) is 0 Å². The van der Waals surface area contributed by atoms with Crippen LogP contribution in [0.1, 0.15) is 28.7 Å². The summed E-state index contributed by atoms with van der Waals surface area (Å²) in [5.41, 5.74) is 2.47. The van der Waals surface area contributed by atoms with Crippen molar-refractivity contribution in [1.29, 1.82) is 0 Å². The van der Waals surface area contributed by atoms with Crippen molar-refractivity contribution in [3.8, 4) is 0 Å². The zero-order valence-corrected chi connectivity index (χ0v) is 9.81. The Morgan fingerprint density at radius 3 is 2.38 bits per heavy atom. The van der Waals surface area contributed by atoms with E-state index < -0.39 is 0 Å². The van der Waals surface area contributed by atoms with E-state index >= 15 is 0 Å². The lowest BCUT2D eigenvalue weighted by Crippen LogP contribution is -2.33. The van der Waals surface area contributed by atoms with Gasteiger partial charge in [-0.2, -0.15) is 0 Å². The molecule has 5 nitrogen and oxygen atoms in total. The first-order chi connectivity index (χ1) is 7.50. The lowest BCUT2D eigenvalue weighted by molar-refractivity contribution is -0.118. The van der Waals surface area contributed by atoms with Crippen LogP contribution in [0.25, 0.3) is 0 Å². The van der Waals surface area contributed by atoms with Crippen LogP contribution < -0.4 is 10.6 Å². The van der Waals surface area contributed by atoms with Crippen molar-refractivity contribution in [3.63, 3.8) is 0 Å². The molecular formula is C11H17N3O2. The van der Waals surface area contributed by atoms with Gasteiger partial charge in [0, 0.05) is 31.4 Å². The second-order valence-electron chi connectivity index (χ2n) is 3.73. The third-order valence-electron chi connectivity index (χ3n) is 2.18. The van der Waals surface area contributed by atoms with Gasteiger partial charge in [-0.15, -0.1) is 0 Å². The molecule has 0 fully saturated rings. The van der Waals surface area contributed by atoms with Gasteiger partial charge in [-0.3, -0.25) is 9.59 Å². The summed E-state index contributed by atoms with van der Waals surface area (Å²) < 4.78 is 0. The Morgan fingerprint density at radius 2 is 1.88 bits per heavy atom. The van der Waals surface area contributed by atoms with E-state index in [1.807, 2.05) is 19.9 Å². The lowest BCUT2D eigenvalue weighted by atomic mass is 10.2. The van der Waals surface area contributed by atoms with Crippen molar-refractivity contribution >= 4 is 11.8 Å². The topological polar surface area (TPSA) is 74.0 Å². The Hall–Kier alpha value is -1.78. The molecule has 2 amide bonds. The number of hydrogen-bond acceptors (Lipinski definition) is 2. The number of carbonyl (C=O) groups excluding carboxylic acids is 2. The van der Waals surface area contributed by atoms with Gasteiger partial charge in [-0.25, -0.2) is 0 Å². The molecule has 0 aliphatic heterocycles. The number of rotatable bonds is 4. The maximum atomic E-state index is 11.7. The highest BCUT2D eigenvalue weighted by molar-refractivity contribution is 5.95. The quantitative estimate of drug-likeness (QED) is 0.650. The van der Waals surface area contributed by atoms with Crippen LogP contribution in [0, 0.1) is 13.8 Å². The maximum absolute atomic E-state index is 11.7. The van der Waals surface area contributed by atoms with E-state index in [-0.39, 0.29) is 11.8 Å².